The molecule has 0 amide bonds. The Morgan fingerprint density at radius 1 is 1.10 bits per heavy atom. The molecule has 49 valence electrons. The maximum Gasteiger partial charge on any atom is -0.0172 e. The van der Waals surface area contributed by atoms with E-state index in [2.05, 4.69) is 19.2 Å². The predicted molar refractivity (Wildman–Crippen MR) is 45.5 cm³/mol. The molecule has 0 heterocycles. The first-order valence-corrected chi connectivity index (χ1v) is 3.13. The van der Waals surface area contributed by atoms with Crippen LogP contribution in [0.3, 0.4) is 0 Å². The van der Waals surface area contributed by atoms with E-state index in [-0.39, 0.29) is 0 Å². The van der Waals surface area contributed by atoms with Gasteiger partial charge in [-0.05, 0) is 35.4 Å². The Morgan fingerprint density at radius 3 is 2.00 bits per heavy atom. The van der Waals surface area contributed by atoms with Crippen LogP contribution in [0.15, 0.2) is 31.4 Å². The topological polar surface area (TPSA) is 0 Å². The quantitative estimate of drug-likeness (QED) is 0.576. The van der Waals surface area contributed by atoms with Gasteiger partial charge in [0.1, 0.15) is 0 Å². The van der Waals surface area contributed by atoms with E-state index in [1.54, 1.807) is 12.2 Å². The maximum absolute atomic E-state index is 3.65. The molecule has 1 radical (unpaired) electrons. The van der Waals surface area contributed by atoms with Gasteiger partial charge in [0, 0.05) is 0 Å². The average molecular weight is 129 g/mol. The van der Waals surface area contributed by atoms with Gasteiger partial charge in [-0.2, -0.15) is 0 Å². The van der Waals surface area contributed by atoms with Crippen molar-refractivity contribution in [2.75, 3.05) is 0 Å². The minimum atomic E-state index is 1.08. The zero-order valence-electron chi connectivity index (χ0n) is 5.80. The zero-order chi connectivity index (χ0) is 7.40. The van der Waals surface area contributed by atoms with Crippen LogP contribution in [0.1, 0.15) is 11.1 Å². The predicted octanol–water partition coefficient (Wildman–Crippen LogP) is 2.77. The summed E-state index contributed by atoms with van der Waals surface area (Å²) in [6.45, 7) is 7.30. The highest BCUT2D eigenvalue weighted by Crippen LogP contribution is 2.05. The maximum atomic E-state index is 3.65. The molecule has 0 saturated carbocycles. The molecular weight excluding hydrogens is 120 g/mol. The van der Waals surface area contributed by atoms with E-state index >= 15 is 0 Å². The lowest BCUT2D eigenvalue weighted by atomic mass is 10.1. The summed E-state index contributed by atoms with van der Waals surface area (Å²) < 4.78 is 0. The molecule has 0 saturated heterocycles. The van der Waals surface area contributed by atoms with Crippen LogP contribution in [0.5, 0.6) is 0 Å². The molecule has 1 aromatic carbocycles. The summed E-state index contributed by atoms with van der Waals surface area (Å²) in [4.78, 5) is 0. The Balaban J connectivity index is 3.09. The molecular formula is C10H9. The van der Waals surface area contributed by atoms with Crippen LogP contribution < -0.4 is 0 Å². The molecule has 0 aromatic heterocycles. The first-order chi connectivity index (χ1) is 4.86. The van der Waals surface area contributed by atoms with E-state index in [4.69, 9.17) is 0 Å². The van der Waals surface area contributed by atoms with Crippen LogP contribution in [0, 0.1) is 6.07 Å². The van der Waals surface area contributed by atoms with Crippen LogP contribution in [0.2, 0.25) is 0 Å². The van der Waals surface area contributed by atoms with Gasteiger partial charge >= 0.3 is 0 Å². The fourth-order valence-corrected chi connectivity index (χ4v) is 0.746. The average Bonchev–Trinajstić information content (AvgIpc) is 2.05. The van der Waals surface area contributed by atoms with Crippen LogP contribution in [0.25, 0.3) is 12.2 Å². The molecule has 0 aliphatic rings. The van der Waals surface area contributed by atoms with Gasteiger partial charge in [0.25, 0.3) is 0 Å². The van der Waals surface area contributed by atoms with E-state index in [1.807, 2.05) is 18.2 Å². The lowest BCUT2D eigenvalue weighted by Gasteiger charge is -1.93. The largest absolute Gasteiger partial charge is 0.0985 e. The summed E-state index contributed by atoms with van der Waals surface area (Å²) >= 11 is 0. The highest BCUT2D eigenvalue weighted by atomic mass is 13.9. The number of hydrogen-bond donors (Lipinski definition) is 0. The third-order valence-electron chi connectivity index (χ3n) is 1.30. The number of rotatable bonds is 2. The van der Waals surface area contributed by atoms with E-state index in [9.17, 15) is 0 Å². The first kappa shape index (κ1) is 6.81. The van der Waals surface area contributed by atoms with Crippen LogP contribution in [-0.2, 0) is 0 Å². The van der Waals surface area contributed by atoms with Crippen molar-refractivity contribution in [1.29, 1.82) is 0 Å². The molecule has 0 atom stereocenters. The SMILES string of the molecule is C=Cc1c[c]cc(C=C)c1. The summed E-state index contributed by atoms with van der Waals surface area (Å²) in [5, 5.41) is 0. The Labute approximate surface area is 61.5 Å². The second-order valence-electron chi connectivity index (χ2n) is 2.01. The Bertz CT molecular complexity index is 223. The normalized spacial score (nSPS) is 8.80. The van der Waals surface area contributed by atoms with Gasteiger partial charge in [0.05, 0.1) is 0 Å². The van der Waals surface area contributed by atoms with Crippen molar-refractivity contribution >= 4 is 12.2 Å². The standard InChI is InChI=1S/C10H9/c1-3-9-6-5-7-10(4-2)8-9/h3-4,6-8H,1-2H2. The molecule has 0 aliphatic carbocycles. The summed E-state index contributed by atoms with van der Waals surface area (Å²) in [7, 11) is 0. The van der Waals surface area contributed by atoms with Crippen molar-refractivity contribution in [1.82, 2.24) is 0 Å². The van der Waals surface area contributed by atoms with Gasteiger partial charge in [0.2, 0.25) is 0 Å². The van der Waals surface area contributed by atoms with Crippen molar-refractivity contribution in [3.8, 4) is 0 Å². The third kappa shape index (κ3) is 1.35. The monoisotopic (exact) mass is 129 g/mol. The van der Waals surface area contributed by atoms with Crippen LogP contribution >= 0.6 is 0 Å². The van der Waals surface area contributed by atoms with Gasteiger partial charge in [-0.3, -0.25) is 0 Å². The van der Waals surface area contributed by atoms with Crippen molar-refractivity contribution in [2.24, 2.45) is 0 Å². The molecule has 0 unspecified atom stereocenters. The van der Waals surface area contributed by atoms with Crippen molar-refractivity contribution in [2.45, 2.75) is 0 Å². The molecule has 0 nitrogen and oxygen atoms in total. The molecule has 0 N–H and O–H groups in total. The van der Waals surface area contributed by atoms with Gasteiger partial charge < -0.3 is 0 Å². The molecule has 0 heteroatoms. The fourth-order valence-electron chi connectivity index (χ4n) is 0.746. The lowest BCUT2D eigenvalue weighted by Crippen LogP contribution is -1.73. The minimum absolute atomic E-state index is 1.08. The second kappa shape index (κ2) is 3.02. The third-order valence-corrected chi connectivity index (χ3v) is 1.30. The fraction of sp³-hybridized carbons (Fsp3) is 0. The van der Waals surface area contributed by atoms with E-state index in [1.165, 1.54) is 0 Å². The lowest BCUT2D eigenvalue weighted by molar-refractivity contribution is 1.61. The molecule has 0 bridgehead atoms. The zero-order valence-corrected chi connectivity index (χ0v) is 5.80. The van der Waals surface area contributed by atoms with Crippen molar-refractivity contribution < 1.29 is 0 Å². The Hall–Kier alpha value is -1.30. The Kier molecular flexibility index (Phi) is 2.06. The van der Waals surface area contributed by atoms with Gasteiger partial charge in [-0.25, -0.2) is 0 Å². The number of benzene rings is 1. The summed E-state index contributed by atoms with van der Waals surface area (Å²) in [6, 6.07) is 8.78. The molecule has 0 aliphatic heterocycles. The molecule has 10 heavy (non-hydrogen) atoms. The summed E-state index contributed by atoms with van der Waals surface area (Å²) in [5.74, 6) is 0. The van der Waals surface area contributed by atoms with Crippen molar-refractivity contribution in [3.63, 3.8) is 0 Å². The van der Waals surface area contributed by atoms with E-state index < -0.39 is 0 Å². The van der Waals surface area contributed by atoms with Gasteiger partial charge in [-0.15, -0.1) is 0 Å². The highest BCUT2D eigenvalue weighted by Gasteiger charge is 1.85. The molecule has 1 aromatic rings. The smallest absolute Gasteiger partial charge is 0.0172 e. The summed E-state index contributed by atoms with van der Waals surface area (Å²) in [6.07, 6.45) is 3.59. The van der Waals surface area contributed by atoms with Gasteiger partial charge in [-0.1, -0.05) is 25.3 Å². The number of hydrogen-bond acceptors (Lipinski definition) is 0. The van der Waals surface area contributed by atoms with Gasteiger partial charge in [0.15, 0.2) is 0 Å². The van der Waals surface area contributed by atoms with Crippen LogP contribution in [-0.4, -0.2) is 0 Å². The van der Waals surface area contributed by atoms with Crippen molar-refractivity contribution in [3.05, 3.63) is 48.6 Å². The highest BCUT2D eigenvalue weighted by molar-refractivity contribution is 5.55. The van der Waals surface area contributed by atoms with E-state index in [0.29, 0.717) is 0 Å². The summed E-state index contributed by atoms with van der Waals surface area (Å²) in [5.41, 5.74) is 2.16. The second-order valence-corrected chi connectivity index (χ2v) is 2.01. The first-order valence-electron chi connectivity index (χ1n) is 3.13. The van der Waals surface area contributed by atoms with Crippen LogP contribution in [0.4, 0.5) is 0 Å². The molecule has 1 rings (SSSR count). The van der Waals surface area contributed by atoms with E-state index in [0.717, 1.165) is 11.1 Å². The minimum Gasteiger partial charge on any atom is -0.0985 e. The Morgan fingerprint density at radius 2 is 1.60 bits per heavy atom. The molecule has 0 spiro atoms. The molecule has 0 fully saturated rings.